The number of carbonyl (C=O) groups excluding carboxylic acids is 2. The lowest BCUT2D eigenvalue weighted by Gasteiger charge is -2.17. The average Bonchev–Trinajstić information content (AvgIpc) is 2.96. The predicted molar refractivity (Wildman–Crippen MR) is 134 cm³/mol. The normalized spacial score (nSPS) is 10.9. The van der Waals surface area contributed by atoms with E-state index in [0.29, 0.717) is 17.1 Å². The van der Waals surface area contributed by atoms with Gasteiger partial charge in [0.15, 0.2) is 6.10 Å². The highest BCUT2D eigenvalue weighted by atomic mass is 16.6. The number of nitro groups is 1. The van der Waals surface area contributed by atoms with Crippen molar-refractivity contribution >= 4 is 17.4 Å². The van der Waals surface area contributed by atoms with Crippen LogP contribution in [0.25, 0.3) is 0 Å². The van der Waals surface area contributed by atoms with Crippen LogP contribution in [0.15, 0.2) is 97.1 Å². The van der Waals surface area contributed by atoms with Crippen molar-refractivity contribution in [1.29, 1.82) is 10.5 Å². The molecule has 0 saturated heterocycles. The third kappa shape index (κ3) is 5.70. The molecule has 0 amide bonds. The zero-order valence-corrected chi connectivity index (χ0v) is 19.6. The number of ether oxygens (including phenoxy) is 2. The summed E-state index contributed by atoms with van der Waals surface area (Å²) >= 11 is 0. The maximum Gasteiger partial charge on any atom is 0.339 e. The van der Waals surface area contributed by atoms with Gasteiger partial charge in [0.1, 0.15) is 23.6 Å². The summed E-state index contributed by atoms with van der Waals surface area (Å²) in [6, 6.07) is 27.7. The van der Waals surface area contributed by atoms with Gasteiger partial charge < -0.3 is 9.47 Å². The SMILES string of the molecule is N#Cc1ccc(Oc2ccc(C(=O)O[C@@H](C(=O)c3ccccc3)c3ccc([N+](=O)[O-])cc3)cc2)cc1C#N. The number of Topliss-reactive ketones (excluding diaryl/α,β-unsaturated/α-hetero) is 1. The van der Waals surface area contributed by atoms with Crippen molar-refractivity contribution in [1.82, 2.24) is 0 Å². The second-order valence-corrected chi connectivity index (χ2v) is 7.92. The van der Waals surface area contributed by atoms with Gasteiger partial charge in [0, 0.05) is 23.3 Å². The van der Waals surface area contributed by atoms with Crippen LogP contribution in [0.2, 0.25) is 0 Å². The number of nitro benzene ring substituents is 1. The molecular formula is C29H17N3O6. The van der Waals surface area contributed by atoms with Gasteiger partial charge >= 0.3 is 5.97 Å². The van der Waals surface area contributed by atoms with Crippen molar-refractivity contribution in [2.75, 3.05) is 0 Å². The first-order valence-electron chi connectivity index (χ1n) is 11.2. The quantitative estimate of drug-likeness (QED) is 0.125. The molecule has 9 heteroatoms. The molecule has 38 heavy (non-hydrogen) atoms. The van der Waals surface area contributed by atoms with Crippen molar-refractivity contribution in [2.45, 2.75) is 6.10 Å². The summed E-state index contributed by atoms with van der Waals surface area (Å²) in [4.78, 5) is 36.6. The standard InChI is InChI=1S/C29H17N3O6/c30-17-22-10-15-26(16-23(22)18-31)37-25-13-8-21(9-14-25)29(34)38-28(27(33)19-4-2-1-3-5-19)20-6-11-24(12-7-20)32(35)36/h1-16,28H/t28-/m1/s1. The molecule has 0 aliphatic carbocycles. The number of hydrogen-bond donors (Lipinski definition) is 0. The number of rotatable bonds is 8. The van der Waals surface area contributed by atoms with Crippen LogP contribution in [-0.4, -0.2) is 16.7 Å². The van der Waals surface area contributed by atoms with E-state index in [0.717, 1.165) is 0 Å². The Hall–Kier alpha value is -5.80. The van der Waals surface area contributed by atoms with E-state index in [1.54, 1.807) is 36.4 Å². The van der Waals surface area contributed by atoms with Gasteiger partial charge in [-0.05, 0) is 54.6 Å². The Balaban J connectivity index is 1.55. The maximum absolute atomic E-state index is 13.2. The summed E-state index contributed by atoms with van der Waals surface area (Å²) in [7, 11) is 0. The van der Waals surface area contributed by atoms with Crippen molar-refractivity contribution < 1.29 is 24.0 Å². The smallest absolute Gasteiger partial charge is 0.339 e. The Morgan fingerprint density at radius 1 is 0.763 bits per heavy atom. The van der Waals surface area contributed by atoms with E-state index in [-0.39, 0.29) is 27.9 Å². The minimum absolute atomic E-state index is 0.141. The summed E-state index contributed by atoms with van der Waals surface area (Å²) < 4.78 is 11.3. The number of hydrogen-bond acceptors (Lipinski definition) is 8. The maximum atomic E-state index is 13.2. The monoisotopic (exact) mass is 503 g/mol. The Morgan fingerprint density at radius 2 is 1.39 bits per heavy atom. The van der Waals surface area contributed by atoms with Crippen LogP contribution < -0.4 is 4.74 Å². The molecule has 0 radical (unpaired) electrons. The number of benzene rings is 4. The molecule has 0 aromatic heterocycles. The largest absolute Gasteiger partial charge is 0.457 e. The van der Waals surface area contributed by atoms with Gasteiger partial charge in [0.2, 0.25) is 5.78 Å². The molecule has 0 saturated carbocycles. The lowest BCUT2D eigenvalue weighted by molar-refractivity contribution is -0.384. The van der Waals surface area contributed by atoms with E-state index in [4.69, 9.17) is 14.7 Å². The van der Waals surface area contributed by atoms with Crippen molar-refractivity contribution in [2.24, 2.45) is 0 Å². The Kier molecular flexibility index (Phi) is 7.52. The van der Waals surface area contributed by atoms with Crippen molar-refractivity contribution in [3.8, 4) is 23.6 Å². The summed E-state index contributed by atoms with van der Waals surface area (Å²) in [6.07, 6.45) is -1.33. The fourth-order valence-corrected chi connectivity index (χ4v) is 3.54. The highest BCUT2D eigenvalue weighted by molar-refractivity contribution is 6.02. The van der Waals surface area contributed by atoms with Gasteiger partial charge in [-0.1, -0.05) is 30.3 Å². The number of non-ortho nitro benzene ring substituents is 1. The van der Waals surface area contributed by atoms with Gasteiger partial charge in [0.25, 0.3) is 5.69 Å². The van der Waals surface area contributed by atoms with E-state index in [9.17, 15) is 25.0 Å². The molecule has 0 N–H and O–H groups in total. The molecule has 0 aliphatic rings. The number of esters is 1. The van der Waals surface area contributed by atoms with Crippen LogP contribution in [0.4, 0.5) is 5.69 Å². The Morgan fingerprint density at radius 3 is 2.00 bits per heavy atom. The average molecular weight is 503 g/mol. The van der Waals surface area contributed by atoms with E-state index in [1.807, 2.05) is 12.1 Å². The van der Waals surface area contributed by atoms with Gasteiger partial charge in [-0.15, -0.1) is 0 Å². The molecule has 184 valence electrons. The number of ketones is 1. The molecule has 4 aromatic rings. The second kappa shape index (κ2) is 11.3. The summed E-state index contributed by atoms with van der Waals surface area (Å²) in [5, 5.41) is 29.2. The topological polar surface area (TPSA) is 143 Å². The van der Waals surface area contributed by atoms with Crippen LogP contribution in [0.1, 0.15) is 43.5 Å². The molecule has 0 fully saturated rings. The fraction of sp³-hybridized carbons (Fsp3) is 0.0345. The number of nitriles is 2. The van der Waals surface area contributed by atoms with Gasteiger partial charge in [-0.3, -0.25) is 14.9 Å². The Labute approximate surface area is 216 Å². The molecule has 1 atom stereocenters. The van der Waals surface area contributed by atoms with Gasteiger partial charge in [-0.25, -0.2) is 4.79 Å². The number of carbonyl (C=O) groups is 2. The first-order chi connectivity index (χ1) is 18.4. The van der Waals surface area contributed by atoms with Gasteiger partial charge in [0.05, 0.1) is 21.6 Å². The lowest BCUT2D eigenvalue weighted by atomic mass is 9.99. The molecule has 0 bridgehead atoms. The number of nitrogens with zero attached hydrogens (tertiary/aromatic N) is 3. The minimum atomic E-state index is -1.33. The van der Waals surface area contributed by atoms with Crippen LogP contribution in [0.5, 0.6) is 11.5 Å². The molecule has 0 spiro atoms. The summed E-state index contributed by atoms with van der Waals surface area (Å²) in [5.74, 6) is -0.568. The molecule has 4 rings (SSSR count). The van der Waals surface area contributed by atoms with Crippen LogP contribution >= 0.6 is 0 Å². The second-order valence-electron chi connectivity index (χ2n) is 7.92. The minimum Gasteiger partial charge on any atom is -0.457 e. The van der Waals surface area contributed by atoms with E-state index >= 15 is 0 Å². The third-order valence-electron chi connectivity index (χ3n) is 5.49. The van der Waals surface area contributed by atoms with Crippen molar-refractivity contribution in [3.63, 3.8) is 0 Å². The van der Waals surface area contributed by atoms with Crippen LogP contribution in [0, 0.1) is 32.8 Å². The molecule has 0 unspecified atom stereocenters. The third-order valence-corrected chi connectivity index (χ3v) is 5.49. The highest BCUT2D eigenvalue weighted by Crippen LogP contribution is 2.28. The first-order valence-corrected chi connectivity index (χ1v) is 11.2. The zero-order chi connectivity index (χ0) is 27.1. The van der Waals surface area contributed by atoms with E-state index in [1.165, 1.54) is 60.7 Å². The van der Waals surface area contributed by atoms with E-state index < -0.39 is 22.8 Å². The van der Waals surface area contributed by atoms with Crippen LogP contribution in [-0.2, 0) is 4.74 Å². The first kappa shape index (κ1) is 25.3. The zero-order valence-electron chi connectivity index (χ0n) is 19.6. The van der Waals surface area contributed by atoms with E-state index in [2.05, 4.69) is 0 Å². The van der Waals surface area contributed by atoms with Crippen LogP contribution in [0.3, 0.4) is 0 Å². The molecule has 9 nitrogen and oxygen atoms in total. The molecular weight excluding hydrogens is 486 g/mol. The van der Waals surface area contributed by atoms with Crippen molar-refractivity contribution in [3.05, 3.63) is 135 Å². The summed E-state index contributed by atoms with van der Waals surface area (Å²) in [5.41, 5.74) is 0.975. The fourth-order valence-electron chi connectivity index (χ4n) is 3.54. The Bertz CT molecular complexity index is 1590. The van der Waals surface area contributed by atoms with Gasteiger partial charge in [-0.2, -0.15) is 10.5 Å². The molecule has 0 heterocycles. The molecule has 0 aliphatic heterocycles. The highest BCUT2D eigenvalue weighted by Gasteiger charge is 2.27. The lowest BCUT2D eigenvalue weighted by Crippen LogP contribution is -2.20. The molecule has 4 aromatic carbocycles. The predicted octanol–water partition coefficient (Wildman–Crippen LogP) is 5.91. The summed E-state index contributed by atoms with van der Waals surface area (Å²) in [6.45, 7) is 0.